The molecule has 1 aromatic heterocycles. The maximum Gasteiger partial charge on any atom is 0.313 e. The maximum absolute atomic E-state index is 14.1. The number of benzene rings is 3. The first-order valence-electron chi connectivity index (χ1n) is 14.5. The van der Waals surface area contributed by atoms with E-state index in [1.54, 1.807) is 19.1 Å². The molecule has 7 nitrogen and oxygen atoms in total. The van der Waals surface area contributed by atoms with E-state index >= 15 is 0 Å². The molecule has 3 aromatic carbocycles. The largest absolute Gasteiger partial charge is 0.466 e. The fraction of sp³-hybridized carbons (Fsp3) is 0.286. The van der Waals surface area contributed by atoms with Gasteiger partial charge in [0.15, 0.2) is 0 Å². The van der Waals surface area contributed by atoms with E-state index in [-0.39, 0.29) is 43.6 Å². The Balaban J connectivity index is 1.83. The van der Waals surface area contributed by atoms with E-state index in [1.165, 1.54) is 12.1 Å². The van der Waals surface area contributed by atoms with E-state index < -0.39 is 24.3 Å². The van der Waals surface area contributed by atoms with Gasteiger partial charge in [0.1, 0.15) is 18.0 Å². The quantitative estimate of drug-likeness (QED) is 0.130. The van der Waals surface area contributed by atoms with Crippen LogP contribution in [0.1, 0.15) is 62.0 Å². The molecule has 0 aliphatic carbocycles. The summed E-state index contributed by atoms with van der Waals surface area (Å²) >= 11 is 0. The number of halogens is 1. The summed E-state index contributed by atoms with van der Waals surface area (Å²) in [5, 5.41) is 13.9. The Kier molecular flexibility index (Phi) is 10.6. The third-order valence-corrected chi connectivity index (χ3v) is 7.09. The summed E-state index contributed by atoms with van der Waals surface area (Å²) in [4.78, 5) is 38.2. The van der Waals surface area contributed by atoms with Crippen molar-refractivity contribution in [2.45, 2.75) is 58.6 Å². The van der Waals surface area contributed by atoms with Crippen LogP contribution in [0.2, 0.25) is 0 Å². The summed E-state index contributed by atoms with van der Waals surface area (Å²) < 4.78 is 20.9. The van der Waals surface area contributed by atoms with E-state index in [2.05, 4.69) is 5.32 Å². The lowest BCUT2D eigenvalue weighted by atomic mass is 9.94. The van der Waals surface area contributed by atoms with Crippen molar-refractivity contribution in [2.24, 2.45) is 0 Å². The van der Waals surface area contributed by atoms with Gasteiger partial charge in [-0.15, -0.1) is 0 Å². The minimum absolute atomic E-state index is 0.115. The van der Waals surface area contributed by atoms with Crippen molar-refractivity contribution in [1.82, 2.24) is 4.57 Å². The number of ether oxygens (including phenoxy) is 1. The molecular formula is C35H37FN2O5. The van der Waals surface area contributed by atoms with Crippen LogP contribution in [-0.2, 0) is 20.9 Å². The van der Waals surface area contributed by atoms with Crippen LogP contribution in [0.15, 0.2) is 84.9 Å². The first kappa shape index (κ1) is 31.4. The van der Waals surface area contributed by atoms with Gasteiger partial charge in [0.25, 0.3) is 5.91 Å². The van der Waals surface area contributed by atoms with E-state index in [1.807, 2.05) is 79.1 Å². The van der Waals surface area contributed by atoms with Crippen LogP contribution < -0.4 is 5.32 Å². The highest BCUT2D eigenvalue weighted by atomic mass is 19.1. The number of anilines is 1. The zero-order valence-corrected chi connectivity index (χ0v) is 24.7. The van der Waals surface area contributed by atoms with Crippen LogP contribution in [0.3, 0.4) is 0 Å². The molecule has 1 atom stereocenters. The highest BCUT2D eigenvalue weighted by Gasteiger charge is 2.31. The molecule has 224 valence electrons. The molecular weight excluding hydrogens is 547 g/mol. The molecule has 0 fully saturated rings. The molecule has 0 spiro atoms. The van der Waals surface area contributed by atoms with Crippen molar-refractivity contribution in [3.8, 4) is 22.4 Å². The lowest BCUT2D eigenvalue weighted by Crippen LogP contribution is -2.20. The van der Waals surface area contributed by atoms with E-state index in [0.717, 1.165) is 11.3 Å². The fourth-order valence-electron chi connectivity index (χ4n) is 5.30. The molecule has 0 saturated carbocycles. The molecule has 0 bridgehead atoms. The number of esters is 1. The van der Waals surface area contributed by atoms with Gasteiger partial charge in [0.05, 0.1) is 24.0 Å². The van der Waals surface area contributed by atoms with Gasteiger partial charge in [-0.3, -0.25) is 14.4 Å². The lowest BCUT2D eigenvalue weighted by Gasteiger charge is -2.19. The number of aliphatic hydroxyl groups excluding tert-OH is 1. The van der Waals surface area contributed by atoms with Gasteiger partial charge in [-0.25, -0.2) is 4.39 Å². The van der Waals surface area contributed by atoms with Crippen molar-refractivity contribution in [3.63, 3.8) is 0 Å². The predicted molar refractivity (Wildman–Crippen MR) is 165 cm³/mol. The smallest absolute Gasteiger partial charge is 0.313 e. The normalized spacial score (nSPS) is 11.8. The molecule has 1 amide bonds. The zero-order valence-electron chi connectivity index (χ0n) is 24.7. The maximum atomic E-state index is 14.1. The van der Waals surface area contributed by atoms with Crippen LogP contribution in [0.25, 0.3) is 22.4 Å². The van der Waals surface area contributed by atoms with Gasteiger partial charge in [0.2, 0.25) is 0 Å². The van der Waals surface area contributed by atoms with Crippen molar-refractivity contribution in [1.29, 1.82) is 0 Å². The fourth-order valence-corrected chi connectivity index (χ4v) is 5.30. The monoisotopic (exact) mass is 584 g/mol. The van der Waals surface area contributed by atoms with Gasteiger partial charge in [0, 0.05) is 29.9 Å². The second-order valence-corrected chi connectivity index (χ2v) is 10.7. The molecule has 0 saturated heterocycles. The Bertz CT molecular complexity index is 1550. The van der Waals surface area contributed by atoms with Gasteiger partial charge < -0.3 is 19.7 Å². The van der Waals surface area contributed by atoms with Crippen LogP contribution >= 0.6 is 0 Å². The topological polar surface area (TPSA) is 97.6 Å². The number of hydrogen-bond acceptors (Lipinski definition) is 5. The van der Waals surface area contributed by atoms with Gasteiger partial charge in [-0.1, -0.05) is 62.4 Å². The Labute approximate surface area is 251 Å². The summed E-state index contributed by atoms with van der Waals surface area (Å²) in [6, 6.07) is 24.9. The summed E-state index contributed by atoms with van der Waals surface area (Å²) in [6.07, 6.45) is -1.43. The Morgan fingerprint density at radius 1 is 0.907 bits per heavy atom. The molecule has 0 aliphatic heterocycles. The number of carbonyl (C=O) groups excluding carboxylic acids is 3. The second-order valence-electron chi connectivity index (χ2n) is 10.7. The number of hydrogen-bond donors (Lipinski definition) is 2. The van der Waals surface area contributed by atoms with Crippen molar-refractivity contribution in [3.05, 3.63) is 102 Å². The van der Waals surface area contributed by atoms with Crippen molar-refractivity contribution < 1.29 is 28.6 Å². The Morgan fingerprint density at radius 2 is 1.53 bits per heavy atom. The van der Waals surface area contributed by atoms with Crippen LogP contribution in [0.4, 0.5) is 10.1 Å². The molecule has 4 rings (SSSR count). The molecule has 43 heavy (non-hydrogen) atoms. The lowest BCUT2D eigenvalue weighted by molar-refractivity contribution is -0.145. The number of para-hydroxylation sites is 1. The van der Waals surface area contributed by atoms with Crippen LogP contribution in [0.5, 0.6) is 0 Å². The molecule has 8 heteroatoms. The van der Waals surface area contributed by atoms with Gasteiger partial charge >= 0.3 is 5.97 Å². The predicted octanol–water partition coefficient (Wildman–Crippen LogP) is 7.00. The summed E-state index contributed by atoms with van der Waals surface area (Å²) in [6.45, 7) is 6.10. The van der Waals surface area contributed by atoms with Gasteiger partial charge in [-0.05, 0) is 66.8 Å². The molecule has 1 heterocycles. The second kappa shape index (κ2) is 14.6. The standard InChI is InChI=1S/C35H37FN2O5/c1-4-43-30(41)22-29(40)21-28(39)19-20-38-33(23(2)3)32(35(42)37-27-13-9-6-10-14-27)31(24-11-7-5-8-12-24)34(38)25-15-17-26(36)18-16-25/h5-18,23,28,39H,4,19-22H2,1-3H3,(H,37,42). The Hall–Kier alpha value is -4.56. The molecule has 4 aromatic rings. The van der Waals surface area contributed by atoms with Crippen molar-refractivity contribution >= 4 is 23.3 Å². The number of rotatable bonds is 13. The number of ketones is 1. The van der Waals surface area contributed by atoms with E-state index in [4.69, 9.17) is 4.74 Å². The first-order valence-corrected chi connectivity index (χ1v) is 14.5. The number of aliphatic hydroxyl groups is 1. The first-order chi connectivity index (χ1) is 20.7. The molecule has 1 unspecified atom stereocenters. The summed E-state index contributed by atoms with van der Waals surface area (Å²) in [7, 11) is 0. The minimum atomic E-state index is -1.02. The number of aromatic nitrogens is 1. The number of nitrogens with one attached hydrogen (secondary N) is 1. The summed E-state index contributed by atoms with van der Waals surface area (Å²) in [5.41, 5.74) is 4.79. The number of Topliss-reactive ketones (excluding diaryl/α,β-unsaturated/α-hetero) is 1. The Morgan fingerprint density at radius 3 is 2.14 bits per heavy atom. The number of amides is 1. The van der Waals surface area contributed by atoms with Crippen LogP contribution in [-0.4, -0.2) is 40.0 Å². The SMILES string of the molecule is CCOC(=O)CC(=O)CC(O)CCn1c(-c2ccc(F)cc2)c(-c2ccccc2)c(C(=O)Nc2ccccc2)c1C(C)C. The third kappa shape index (κ3) is 7.84. The van der Waals surface area contributed by atoms with Crippen molar-refractivity contribution in [2.75, 3.05) is 11.9 Å². The number of carbonyl (C=O) groups is 3. The van der Waals surface area contributed by atoms with E-state index in [0.29, 0.717) is 28.1 Å². The molecule has 0 radical (unpaired) electrons. The highest BCUT2D eigenvalue weighted by Crippen LogP contribution is 2.42. The number of nitrogens with zero attached hydrogens (tertiary/aromatic N) is 1. The summed E-state index contributed by atoms with van der Waals surface area (Å²) in [5.74, 6) is -1.82. The minimum Gasteiger partial charge on any atom is -0.466 e. The highest BCUT2D eigenvalue weighted by molar-refractivity contribution is 6.12. The van der Waals surface area contributed by atoms with Crippen LogP contribution in [0, 0.1) is 5.82 Å². The zero-order chi connectivity index (χ0) is 30.9. The third-order valence-electron chi connectivity index (χ3n) is 7.09. The molecule has 2 N–H and O–H groups in total. The average molecular weight is 585 g/mol. The van der Waals surface area contributed by atoms with Gasteiger partial charge in [-0.2, -0.15) is 0 Å². The average Bonchev–Trinajstić information content (AvgIpc) is 3.33. The van der Waals surface area contributed by atoms with E-state index in [9.17, 15) is 23.9 Å². The molecule has 0 aliphatic rings.